The van der Waals surface area contributed by atoms with Crippen molar-refractivity contribution in [3.8, 4) is 0 Å². The maximum atomic E-state index is 12.1. The number of benzene rings is 1. The normalized spacial score (nSPS) is 15.2. The molecule has 1 aliphatic carbocycles. The van der Waals surface area contributed by atoms with Crippen molar-refractivity contribution in [3.63, 3.8) is 0 Å². The molecule has 17 heavy (non-hydrogen) atoms. The maximum absolute atomic E-state index is 12.1. The highest BCUT2D eigenvalue weighted by Gasteiger charge is 2.24. The molecule has 88 valence electrons. The lowest BCUT2D eigenvalue weighted by Gasteiger charge is -2.13. The number of nitrogens with zero attached hydrogens (tertiary/aromatic N) is 1. The number of nitrogens with one attached hydrogen (secondary N) is 1. The Bertz CT molecular complexity index is 624. The molecule has 0 radical (unpaired) electrons. The minimum Gasteiger partial charge on any atom is -0.378 e. The molecular formula is C14H16N2O. The van der Waals surface area contributed by atoms with Crippen LogP contribution in [0.5, 0.6) is 0 Å². The maximum Gasteiger partial charge on any atom is 0.189 e. The van der Waals surface area contributed by atoms with Crippen LogP contribution in [0.1, 0.15) is 24.5 Å². The van der Waals surface area contributed by atoms with E-state index in [2.05, 4.69) is 4.98 Å². The van der Waals surface area contributed by atoms with Gasteiger partial charge in [-0.3, -0.25) is 4.79 Å². The van der Waals surface area contributed by atoms with Crippen molar-refractivity contribution in [1.29, 1.82) is 0 Å². The third-order valence-corrected chi connectivity index (χ3v) is 3.37. The van der Waals surface area contributed by atoms with Crippen molar-refractivity contribution in [2.75, 3.05) is 19.0 Å². The zero-order valence-electron chi connectivity index (χ0n) is 10.2. The third kappa shape index (κ3) is 1.82. The Morgan fingerprint density at radius 1 is 1.24 bits per heavy atom. The summed E-state index contributed by atoms with van der Waals surface area (Å²) >= 11 is 0. The van der Waals surface area contributed by atoms with E-state index in [1.807, 2.05) is 37.2 Å². The van der Waals surface area contributed by atoms with E-state index in [0.29, 0.717) is 5.92 Å². The van der Waals surface area contributed by atoms with Crippen molar-refractivity contribution in [1.82, 2.24) is 4.98 Å². The second-order valence-corrected chi connectivity index (χ2v) is 4.99. The molecule has 0 spiro atoms. The number of aromatic nitrogens is 1. The van der Waals surface area contributed by atoms with Gasteiger partial charge in [-0.1, -0.05) is 0 Å². The van der Waals surface area contributed by atoms with Crippen molar-refractivity contribution in [2.24, 2.45) is 0 Å². The Morgan fingerprint density at radius 2 is 2.00 bits per heavy atom. The van der Waals surface area contributed by atoms with E-state index < -0.39 is 0 Å². The molecular weight excluding hydrogens is 212 g/mol. The molecule has 1 aliphatic rings. The molecule has 1 fully saturated rings. The minimum atomic E-state index is 0.129. The van der Waals surface area contributed by atoms with Crippen molar-refractivity contribution in [3.05, 3.63) is 40.2 Å². The lowest BCUT2D eigenvalue weighted by molar-refractivity contribution is 1.04. The molecule has 0 aliphatic heterocycles. The number of pyridine rings is 1. The van der Waals surface area contributed by atoms with Crippen LogP contribution in [0.25, 0.3) is 10.9 Å². The van der Waals surface area contributed by atoms with E-state index in [-0.39, 0.29) is 5.43 Å². The van der Waals surface area contributed by atoms with Gasteiger partial charge < -0.3 is 9.88 Å². The molecule has 3 heteroatoms. The lowest BCUT2D eigenvalue weighted by atomic mass is 10.1. The first-order valence-corrected chi connectivity index (χ1v) is 5.99. The second kappa shape index (κ2) is 3.62. The van der Waals surface area contributed by atoms with Crippen LogP contribution in [0.15, 0.2) is 29.1 Å². The summed E-state index contributed by atoms with van der Waals surface area (Å²) in [6.45, 7) is 0. The van der Waals surface area contributed by atoms with Crippen LogP contribution in [0.2, 0.25) is 0 Å². The smallest absolute Gasteiger partial charge is 0.189 e. The fraction of sp³-hybridized carbons (Fsp3) is 0.357. The first-order valence-electron chi connectivity index (χ1n) is 5.99. The average molecular weight is 228 g/mol. The Hall–Kier alpha value is -1.77. The molecule has 2 aromatic rings. The van der Waals surface area contributed by atoms with Gasteiger partial charge in [0.15, 0.2) is 5.43 Å². The zero-order chi connectivity index (χ0) is 12.0. The molecule has 0 atom stereocenters. The van der Waals surface area contributed by atoms with Gasteiger partial charge in [-0.25, -0.2) is 0 Å². The van der Waals surface area contributed by atoms with Crippen LogP contribution in [-0.2, 0) is 0 Å². The molecule has 1 saturated carbocycles. The minimum absolute atomic E-state index is 0.129. The number of hydrogen-bond acceptors (Lipinski definition) is 2. The predicted molar refractivity (Wildman–Crippen MR) is 70.9 cm³/mol. The quantitative estimate of drug-likeness (QED) is 0.857. The van der Waals surface area contributed by atoms with E-state index in [9.17, 15) is 4.79 Å². The van der Waals surface area contributed by atoms with Crippen molar-refractivity contribution in [2.45, 2.75) is 18.8 Å². The molecule has 0 bridgehead atoms. The predicted octanol–water partition coefficient (Wildman–Crippen LogP) is 2.47. The number of aromatic amines is 1. The van der Waals surface area contributed by atoms with Crippen LogP contribution in [-0.4, -0.2) is 19.1 Å². The van der Waals surface area contributed by atoms with E-state index in [1.54, 1.807) is 6.07 Å². The Morgan fingerprint density at radius 3 is 2.65 bits per heavy atom. The van der Waals surface area contributed by atoms with Gasteiger partial charge in [0.05, 0.1) is 0 Å². The molecule has 1 heterocycles. The standard InChI is InChI=1S/C14H16N2O/c1-16(2)10-5-6-12-11(7-10)14(17)8-13(15-12)9-3-4-9/h5-9H,3-4H2,1-2H3,(H,15,17). The molecule has 0 saturated heterocycles. The van der Waals surface area contributed by atoms with Crippen LogP contribution < -0.4 is 10.3 Å². The number of hydrogen-bond donors (Lipinski definition) is 1. The first-order chi connectivity index (χ1) is 8.15. The number of fused-ring (bicyclic) bond motifs is 1. The molecule has 0 amide bonds. The zero-order valence-corrected chi connectivity index (χ0v) is 10.2. The second-order valence-electron chi connectivity index (χ2n) is 4.99. The van der Waals surface area contributed by atoms with E-state index >= 15 is 0 Å². The van der Waals surface area contributed by atoms with E-state index in [4.69, 9.17) is 0 Å². The summed E-state index contributed by atoms with van der Waals surface area (Å²) in [5.74, 6) is 0.584. The fourth-order valence-electron chi connectivity index (χ4n) is 2.15. The van der Waals surface area contributed by atoms with Crippen LogP contribution in [0.4, 0.5) is 5.69 Å². The SMILES string of the molecule is CN(C)c1ccc2[nH]c(C3CC3)cc(=O)c2c1. The molecule has 3 nitrogen and oxygen atoms in total. The Labute approximate surface area is 100 Å². The fourth-order valence-corrected chi connectivity index (χ4v) is 2.15. The van der Waals surface area contributed by atoms with E-state index in [1.165, 1.54) is 12.8 Å². The molecule has 1 aromatic carbocycles. The van der Waals surface area contributed by atoms with Gasteiger partial charge in [-0.15, -0.1) is 0 Å². The van der Waals surface area contributed by atoms with Crippen LogP contribution in [0.3, 0.4) is 0 Å². The molecule has 0 unspecified atom stereocenters. The summed E-state index contributed by atoms with van der Waals surface area (Å²) in [4.78, 5) is 17.5. The third-order valence-electron chi connectivity index (χ3n) is 3.37. The van der Waals surface area contributed by atoms with E-state index in [0.717, 1.165) is 22.3 Å². The average Bonchev–Trinajstić information content (AvgIpc) is 3.12. The van der Waals surface area contributed by atoms with Gasteiger partial charge in [0.1, 0.15) is 0 Å². The Kier molecular flexibility index (Phi) is 2.21. The van der Waals surface area contributed by atoms with Gasteiger partial charge in [0.25, 0.3) is 0 Å². The summed E-state index contributed by atoms with van der Waals surface area (Å²) in [5, 5.41) is 0.778. The summed E-state index contributed by atoms with van der Waals surface area (Å²) < 4.78 is 0. The van der Waals surface area contributed by atoms with Crippen LogP contribution in [0, 0.1) is 0 Å². The monoisotopic (exact) mass is 228 g/mol. The van der Waals surface area contributed by atoms with Crippen molar-refractivity contribution >= 4 is 16.6 Å². The summed E-state index contributed by atoms with van der Waals surface area (Å²) in [6.07, 6.45) is 2.41. The Balaban J connectivity index is 2.20. The van der Waals surface area contributed by atoms with Gasteiger partial charge in [-0.05, 0) is 37.0 Å². The lowest BCUT2D eigenvalue weighted by Crippen LogP contribution is -2.10. The molecule has 1 aromatic heterocycles. The van der Waals surface area contributed by atoms with Gasteiger partial charge in [0.2, 0.25) is 0 Å². The summed E-state index contributed by atoms with van der Waals surface area (Å²) in [5.41, 5.74) is 3.23. The van der Waals surface area contributed by atoms with Crippen LogP contribution >= 0.6 is 0 Å². The highest BCUT2D eigenvalue weighted by molar-refractivity contribution is 5.82. The summed E-state index contributed by atoms with van der Waals surface area (Å²) in [6, 6.07) is 7.75. The van der Waals surface area contributed by atoms with Gasteiger partial charge in [-0.2, -0.15) is 0 Å². The molecule has 1 N–H and O–H groups in total. The number of anilines is 1. The largest absolute Gasteiger partial charge is 0.378 e. The van der Waals surface area contributed by atoms with Gasteiger partial charge >= 0.3 is 0 Å². The van der Waals surface area contributed by atoms with Gasteiger partial charge in [0, 0.05) is 42.4 Å². The topological polar surface area (TPSA) is 36.1 Å². The van der Waals surface area contributed by atoms with Crippen molar-refractivity contribution < 1.29 is 0 Å². The number of H-pyrrole nitrogens is 1. The highest BCUT2D eigenvalue weighted by atomic mass is 16.1. The highest BCUT2D eigenvalue weighted by Crippen LogP contribution is 2.38. The molecule has 3 rings (SSSR count). The first kappa shape index (κ1) is 10.4. The summed E-state index contributed by atoms with van der Waals surface area (Å²) in [7, 11) is 3.96. The number of rotatable bonds is 2.